The van der Waals surface area contributed by atoms with Gasteiger partial charge in [0.1, 0.15) is 0 Å². The van der Waals surface area contributed by atoms with Gasteiger partial charge in [-0.3, -0.25) is 9.69 Å². The Kier molecular flexibility index (Phi) is 3.28. The maximum Gasteiger partial charge on any atom is 0.310 e. The van der Waals surface area contributed by atoms with Gasteiger partial charge in [-0.25, -0.2) is 0 Å². The molecule has 0 amide bonds. The van der Waals surface area contributed by atoms with Gasteiger partial charge in [-0.05, 0) is 62.2 Å². The number of para-hydroxylation sites is 1. The molecule has 3 aliphatic heterocycles. The zero-order valence-corrected chi connectivity index (χ0v) is 15.3. The van der Waals surface area contributed by atoms with Crippen LogP contribution in [0.4, 0.5) is 5.69 Å². The number of nitrogens with one attached hydrogen (secondary N) is 1. The van der Waals surface area contributed by atoms with E-state index in [0.29, 0.717) is 6.04 Å². The quantitative estimate of drug-likeness (QED) is 0.840. The molecule has 4 nitrogen and oxygen atoms in total. The Morgan fingerprint density at radius 3 is 2.96 bits per heavy atom. The van der Waals surface area contributed by atoms with Crippen molar-refractivity contribution in [1.29, 1.82) is 0 Å². The number of carbonyl (C=O) groups excluding carboxylic acids is 1. The second-order valence-electron chi connectivity index (χ2n) is 8.55. The van der Waals surface area contributed by atoms with Crippen LogP contribution in [-0.2, 0) is 14.9 Å². The molecule has 5 unspecified atom stereocenters. The first kappa shape index (κ1) is 15.7. The topological polar surface area (TPSA) is 41.6 Å². The Labute approximate surface area is 149 Å². The summed E-state index contributed by atoms with van der Waals surface area (Å²) in [7, 11) is 1.55. The molecule has 25 heavy (non-hydrogen) atoms. The average Bonchev–Trinajstić information content (AvgIpc) is 3.21. The highest BCUT2D eigenvalue weighted by Crippen LogP contribution is 2.65. The summed E-state index contributed by atoms with van der Waals surface area (Å²) in [5.74, 6) is -0.0772. The number of methoxy groups -OCH3 is 1. The second kappa shape index (κ2) is 5.23. The lowest BCUT2D eigenvalue weighted by Gasteiger charge is -2.59. The minimum Gasteiger partial charge on any atom is -0.469 e. The summed E-state index contributed by atoms with van der Waals surface area (Å²) in [4.78, 5) is 15.5. The number of anilines is 1. The molecule has 5 atom stereocenters. The van der Waals surface area contributed by atoms with Crippen LogP contribution in [0, 0.1) is 11.3 Å². The molecular formula is C21H28N2O2. The number of fused-ring (bicyclic) bond motifs is 1. The third-order valence-corrected chi connectivity index (χ3v) is 7.90. The number of piperidine rings is 1. The van der Waals surface area contributed by atoms with Gasteiger partial charge in [-0.1, -0.05) is 25.1 Å². The average molecular weight is 340 g/mol. The Morgan fingerprint density at radius 1 is 1.32 bits per heavy atom. The molecule has 4 aliphatic rings. The summed E-state index contributed by atoms with van der Waals surface area (Å²) in [6.07, 6.45) is 5.77. The van der Waals surface area contributed by atoms with E-state index in [4.69, 9.17) is 4.74 Å². The van der Waals surface area contributed by atoms with Gasteiger partial charge in [0.15, 0.2) is 0 Å². The summed E-state index contributed by atoms with van der Waals surface area (Å²) in [5, 5.41) is 3.77. The summed E-state index contributed by atoms with van der Waals surface area (Å²) in [6, 6.07) is 9.49. The smallest absolute Gasteiger partial charge is 0.310 e. The van der Waals surface area contributed by atoms with E-state index in [1.807, 2.05) is 0 Å². The number of hydrogen-bond donors (Lipinski definition) is 1. The molecule has 1 aromatic carbocycles. The van der Waals surface area contributed by atoms with Crippen molar-refractivity contribution in [2.75, 3.05) is 25.5 Å². The first-order valence-corrected chi connectivity index (χ1v) is 9.84. The van der Waals surface area contributed by atoms with Crippen LogP contribution < -0.4 is 5.32 Å². The van der Waals surface area contributed by atoms with Gasteiger partial charge < -0.3 is 10.1 Å². The van der Waals surface area contributed by atoms with Crippen molar-refractivity contribution in [1.82, 2.24) is 4.90 Å². The third kappa shape index (κ3) is 1.79. The van der Waals surface area contributed by atoms with Crippen LogP contribution in [0.2, 0.25) is 0 Å². The van der Waals surface area contributed by atoms with E-state index in [1.165, 1.54) is 30.6 Å². The monoisotopic (exact) mass is 340 g/mol. The molecule has 1 aromatic rings. The Hall–Kier alpha value is -1.55. The van der Waals surface area contributed by atoms with Gasteiger partial charge in [0.2, 0.25) is 0 Å². The molecule has 1 N–H and O–H groups in total. The minimum absolute atomic E-state index is 0.0278. The van der Waals surface area contributed by atoms with Gasteiger partial charge in [0.25, 0.3) is 0 Å². The van der Waals surface area contributed by atoms with E-state index in [-0.39, 0.29) is 28.8 Å². The molecule has 0 aromatic heterocycles. The summed E-state index contributed by atoms with van der Waals surface area (Å²) < 4.78 is 5.28. The van der Waals surface area contributed by atoms with Crippen LogP contribution >= 0.6 is 0 Å². The molecule has 5 rings (SSSR count). The summed E-state index contributed by atoms with van der Waals surface area (Å²) >= 11 is 0. The minimum atomic E-state index is -0.0494. The molecule has 0 bridgehead atoms. The molecule has 1 aliphatic carbocycles. The fourth-order valence-electron chi connectivity index (χ4n) is 7.07. The van der Waals surface area contributed by atoms with Crippen molar-refractivity contribution >= 4 is 11.7 Å². The predicted octanol–water partition coefficient (Wildman–Crippen LogP) is 3.18. The number of nitrogens with zero attached hydrogens (tertiary/aromatic N) is 1. The van der Waals surface area contributed by atoms with Crippen molar-refractivity contribution in [3.8, 4) is 0 Å². The first-order valence-electron chi connectivity index (χ1n) is 9.84. The van der Waals surface area contributed by atoms with Crippen molar-refractivity contribution in [3.05, 3.63) is 29.8 Å². The van der Waals surface area contributed by atoms with Crippen molar-refractivity contribution in [2.24, 2.45) is 11.3 Å². The fraction of sp³-hybridized carbons (Fsp3) is 0.667. The van der Waals surface area contributed by atoms with Gasteiger partial charge in [-0.2, -0.15) is 0 Å². The van der Waals surface area contributed by atoms with Gasteiger partial charge in [0.05, 0.1) is 19.1 Å². The van der Waals surface area contributed by atoms with E-state index >= 15 is 0 Å². The standard InChI is InChI=1S/C21H28N2O2/c1-3-20-9-6-11-23-12-10-21(19(20)23)15-7-4-5-8-16(15)22-17(21)14(13-20)18(24)25-2/h4-5,7-8,14,17,19,22H,3,6,9-13H2,1-2H3. The molecule has 134 valence electrons. The third-order valence-electron chi connectivity index (χ3n) is 7.90. The maximum atomic E-state index is 12.8. The summed E-state index contributed by atoms with van der Waals surface area (Å²) in [6.45, 7) is 4.71. The molecule has 3 heterocycles. The highest BCUT2D eigenvalue weighted by molar-refractivity contribution is 5.78. The van der Waals surface area contributed by atoms with Crippen LogP contribution in [0.3, 0.4) is 0 Å². The fourth-order valence-corrected chi connectivity index (χ4v) is 7.07. The number of rotatable bonds is 2. The Balaban J connectivity index is 1.73. The number of esters is 1. The highest BCUT2D eigenvalue weighted by Gasteiger charge is 2.69. The summed E-state index contributed by atoms with van der Waals surface area (Å²) in [5.41, 5.74) is 2.98. The van der Waals surface area contributed by atoms with Crippen LogP contribution in [0.15, 0.2) is 24.3 Å². The van der Waals surface area contributed by atoms with Gasteiger partial charge in [-0.15, -0.1) is 0 Å². The lowest BCUT2D eigenvalue weighted by atomic mass is 9.49. The van der Waals surface area contributed by atoms with E-state index in [9.17, 15) is 4.79 Å². The lowest BCUT2D eigenvalue weighted by Crippen LogP contribution is -2.67. The SMILES string of the molecule is CCC12CCCN3CCC4(c5ccccc5NC4C(C(=O)OC)C1)C32. The number of ether oxygens (including phenoxy) is 1. The van der Waals surface area contributed by atoms with E-state index in [1.54, 1.807) is 7.11 Å². The van der Waals surface area contributed by atoms with Gasteiger partial charge in [0, 0.05) is 17.1 Å². The van der Waals surface area contributed by atoms with Crippen molar-refractivity contribution in [3.63, 3.8) is 0 Å². The molecule has 2 saturated heterocycles. The predicted molar refractivity (Wildman–Crippen MR) is 97.6 cm³/mol. The lowest BCUT2D eigenvalue weighted by molar-refractivity contribution is -0.153. The largest absolute Gasteiger partial charge is 0.469 e. The van der Waals surface area contributed by atoms with E-state index in [0.717, 1.165) is 25.8 Å². The molecule has 1 spiro atoms. The van der Waals surface area contributed by atoms with Crippen LogP contribution in [0.1, 0.15) is 44.6 Å². The number of hydrogen-bond acceptors (Lipinski definition) is 4. The zero-order valence-electron chi connectivity index (χ0n) is 15.3. The van der Waals surface area contributed by atoms with Crippen LogP contribution in [0.25, 0.3) is 0 Å². The van der Waals surface area contributed by atoms with E-state index < -0.39 is 0 Å². The molecule has 0 radical (unpaired) electrons. The highest BCUT2D eigenvalue weighted by atomic mass is 16.5. The Morgan fingerprint density at radius 2 is 2.16 bits per heavy atom. The molecular weight excluding hydrogens is 312 g/mol. The van der Waals surface area contributed by atoms with Crippen molar-refractivity contribution in [2.45, 2.75) is 56.5 Å². The normalized spacial score (nSPS) is 41.4. The zero-order chi connectivity index (χ0) is 17.2. The van der Waals surface area contributed by atoms with E-state index in [2.05, 4.69) is 41.4 Å². The van der Waals surface area contributed by atoms with Crippen molar-refractivity contribution < 1.29 is 9.53 Å². The molecule has 3 fully saturated rings. The van der Waals surface area contributed by atoms with Gasteiger partial charge >= 0.3 is 5.97 Å². The number of carbonyl (C=O) groups is 1. The second-order valence-corrected chi connectivity index (χ2v) is 8.55. The van der Waals surface area contributed by atoms with Crippen LogP contribution in [0.5, 0.6) is 0 Å². The molecule has 4 heteroatoms. The maximum absolute atomic E-state index is 12.8. The molecule has 1 saturated carbocycles. The first-order chi connectivity index (χ1) is 12.2. The number of benzene rings is 1. The van der Waals surface area contributed by atoms with Crippen LogP contribution in [-0.4, -0.2) is 43.2 Å². The Bertz CT molecular complexity index is 720.